The minimum Gasteiger partial charge on any atom is -0.461 e. The van der Waals surface area contributed by atoms with E-state index in [-0.39, 0.29) is 23.1 Å². The monoisotopic (exact) mass is 382 g/mol. The summed E-state index contributed by atoms with van der Waals surface area (Å²) in [6.45, 7) is 5.91. The number of amides is 1. The Kier molecular flexibility index (Phi) is 6.71. The summed E-state index contributed by atoms with van der Waals surface area (Å²) in [4.78, 5) is 46.2. The van der Waals surface area contributed by atoms with Crippen LogP contribution in [0.4, 0.5) is 5.13 Å². The van der Waals surface area contributed by atoms with Gasteiger partial charge in [0.05, 0.1) is 18.1 Å². The maximum absolute atomic E-state index is 12.0. The number of aromatic nitrogens is 3. The molecule has 0 spiro atoms. The molecule has 2 aromatic rings. The lowest BCUT2D eigenvalue weighted by atomic mass is 10.2. The number of H-pyrrole nitrogens is 1. The lowest BCUT2D eigenvalue weighted by molar-refractivity contribution is -0.113. The van der Waals surface area contributed by atoms with Gasteiger partial charge in [0.1, 0.15) is 4.88 Å². The van der Waals surface area contributed by atoms with E-state index in [2.05, 4.69) is 20.3 Å². The number of carbonyl (C=O) groups excluding carboxylic acids is 2. The van der Waals surface area contributed by atoms with Crippen LogP contribution in [0.5, 0.6) is 0 Å². The number of carbonyl (C=O) groups is 2. The molecule has 0 aliphatic rings. The second kappa shape index (κ2) is 8.77. The summed E-state index contributed by atoms with van der Waals surface area (Å²) < 4.78 is 5.18. The molecule has 25 heavy (non-hydrogen) atoms. The third-order valence-corrected chi connectivity index (χ3v) is 4.70. The average molecular weight is 382 g/mol. The molecule has 0 atom stereocenters. The molecule has 0 aliphatic carbocycles. The van der Waals surface area contributed by atoms with Gasteiger partial charge in [-0.1, -0.05) is 36.9 Å². The number of aryl methyl sites for hydroxylation is 1. The number of anilines is 1. The molecule has 0 saturated heterocycles. The SMILES string of the molecule is Cc1nc(NC(=O)CSc2nccc(=O)[nH]2)sc1C(=O)OCC(C)C. The number of nitrogens with one attached hydrogen (secondary N) is 2. The summed E-state index contributed by atoms with van der Waals surface area (Å²) in [5.41, 5.74) is 0.230. The first kappa shape index (κ1) is 19.1. The van der Waals surface area contributed by atoms with E-state index in [0.29, 0.717) is 27.5 Å². The highest BCUT2D eigenvalue weighted by Crippen LogP contribution is 2.24. The first-order valence-electron chi connectivity index (χ1n) is 7.47. The van der Waals surface area contributed by atoms with Crippen molar-refractivity contribution in [2.45, 2.75) is 25.9 Å². The van der Waals surface area contributed by atoms with Gasteiger partial charge in [0.15, 0.2) is 10.3 Å². The van der Waals surface area contributed by atoms with Crippen LogP contribution in [0.25, 0.3) is 0 Å². The second-order valence-corrected chi connectivity index (χ2v) is 7.47. The Labute approximate surface area is 152 Å². The van der Waals surface area contributed by atoms with Crippen molar-refractivity contribution in [2.24, 2.45) is 5.92 Å². The molecular formula is C15H18N4O4S2. The molecule has 0 fully saturated rings. The zero-order valence-electron chi connectivity index (χ0n) is 14.0. The number of rotatable bonds is 7. The van der Waals surface area contributed by atoms with Gasteiger partial charge < -0.3 is 15.0 Å². The molecule has 2 aromatic heterocycles. The summed E-state index contributed by atoms with van der Waals surface area (Å²) in [5.74, 6) is -0.456. The van der Waals surface area contributed by atoms with E-state index in [1.807, 2.05) is 13.8 Å². The van der Waals surface area contributed by atoms with Gasteiger partial charge in [0, 0.05) is 12.3 Å². The van der Waals surface area contributed by atoms with Gasteiger partial charge in [0.2, 0.25) is 5.91 Å². The van der Waals surface area contributed by atoms with Gasteiger partial charge in [-0.05, 0) is 12.8 Å². The standard InChI is InChI=1S/C15H18N4O4S2/c1-8(2)6-23-13(22)12-9(3)17-15(25-12)19-11(21)7-24-14-16-5-4-10(20)18-14/h4-5,8H,6-7H2,1-3H3,(H,16,18,20)(H,17,19,21). The van der Waals surface area contributed by atoms with Crippen molar-refractivity contribution in [1.29, 1.82) is 0 Å². The fraction of sp³-hybridized carbons (Fsp3) is 0.400. The van der Waals surface area contributed by atoms with Crippen molar-refractivity contribution in [3.05, 3.63) is 33.2 Å². The number of aromatic amines is 1. The number of thioether (sulfide) groups is 1. The number of esters is 1. The zero-order chi connectivity index (χ0) is 18.4. The number of hydrogen-bond donors (Lipinski definition) is 2. The van der Waals surface area contributed by atoms with Crippen molar-refractivity contribution in [2.75, 3.05) is 17.7 Å². The predicted molar refractivity (Wildman–Crippen MR) is 96.2 cm³/mol. The predicted octanol–water partition coefficient (Wildman–Crippen LogP) is 2.08. The Morgan fingerprint density at radius 3 is 2.88 bits per heavy atom. The van der Waals surface area contributed by atoms with Crippen molar-refractivity contribution in [1.82, 2.24) is 15.0 Å². The zero-order valence-corrected chi connectivity index (χ0v) is 15.6. The average Bonchev–Trinajstić information content (AvgIpc) is 2.91. The topological polar surface area (TPSA) is 114 Å². The molecule has 2 N–H and O–H groups in total. The minimum atomic E-state index is -0.440. The number of nitrogens with zero attached hydrogens (tertiary/aromatic N) is 2. The number of hydrogen-bond acceptors (Lipinski definition) is 8. The van der Waals surface area contributed by atoms with Gasteiger partial charge in [0.25, 0.3) is 5.56 Å². The maximum atomic E-state index is 12.0. The Morgan fingerprint density at radius 1 is 1.44 bits per heavy atom. The summed E-state index contributed by atoms with van der Waals surface area (Å²) in [6.07, 6.45) is 1.37. The van der Waals surface area contributed by atoms with Crippen molar-refractivity contribution in [3.8, 4) is 0 Å². The summed E-state index contributed by atoms with van der Waals surface area (Å²) >= 11 is 2.17. The highest BCUT2D eigenvalue weighted by molar-refractivity contribution is 7.99. The van der Waals surface area contributed by atoms with Gasteiger partial charge in [-0.25, -0.2) is 14.8 Å². The molecule has 0 saturated carbocycles. The molecule has 134 valence electrons. The van der Waals surface area contributed by atoms with E-state index in [1.54, 1.807) is 6.92 Å². The maximum Gasteiger partial charge on any atom is 0.350 e. The van der Waals surface area contributed by atoms with E-state index in [1.165, 1.54) is 12.3 Å². The van der Waals surface area contributed by atoms with Crippen LogP contribution in [0.3, 0.4) is 0 Å². The highest BCUT2D eigenvalue weighted by atomic mass is 32.2. The van der Waals surface area contributed by atoms with E-state index in [9.17, 15) is 14.4 Å². The molecule has 10 heteroatoms. The van der Waals surface area contributed by atoms with Crippen LogP contribution < -0.4 is 10.9 Å². The molecule has 0 aliphatic heterocycles. The van der Waals surface area contributed by atoms with Crippen LogP contribution in [0.1, 0.15) is 29.2 Å². The molecule has 8 nitrogen and oxygen atoms in total. The van der Waals surface area contributed by atoms with Crippen LogP contribution in [0.15, 0.2) is 22.2 Å². The van der Waals surface area contributed by atoms with Crippen molar-refractivity contribution < 1.29 is 14.3 Å². The lowest BCUT2D eigenvalue weighted by Gasteiger charge is -2.05. The number of thiazole rings is 1. The molecule has 0 bridgehead atoms. The van der Waals surface area contributed by atoms with Crippen LogP contribution in [-0.4, -0.2) is 39.2 Å². The third-order valence-electron chi connectivity index (χ3n) is 2.76. The van der Waals surface area contributed by atoms with Gasteiger partial charge >= 0.3 is 5.97 Å². The fourth-order valence-electron chi connectivity index (χ4n) is 1.66. The fourth-order valence-corrected chi connectivity index (χ4v) is 3.19. The third kappa shape index (κ3) is 5.98. The Hall–Kier alpha value is -2.20. The Morgan fingerprint density at radius 2 is 2.20 bits per heavy atom. The second-order valence-electron chi connectivity index (χ2n) is 5.50. The van der Waals surface area contributed by atoms with E-state index >= 15 is 0 Å². The summed E-state index contributed by atoms with van der Waals surface area (Å²) in [5, 5.41) is 3.31. The molecule has 0 radical (unpaired) electrons. The molecule has 2 rings (SSSR count). The Bertz CT molecular complexity index is 816. The van der Waals surface area contributed by atoms with E-state index < -0.39 is 5.97 Å². The van der Waals surface area contributed by atoms with E-state index in [4.69, 9.17) is 4.74 Å². The van der Waals surface area contributed by atoms with Crippen LogP contribution in [-0.2, 0) is 9.53 Å². The summed E-state index contributed by atoms with van der Waals surface area (Å²) in [6, 6.07) is 1.29. The van der Waals surface area contributed by atoms with Gasteiger partial charge in [-0.3, -0.25) is 9.59 Å². The molecule has 0 unspecified atom stereocenters. The van der Waals surface area contributed by atoms with Crippen LogP contribution >= 0.6 is 23.1 Å². The van der Waals surface area contributed by atoms with Crippen LogP contribution in [0, 0.1) is 12.8 Å². The molecule has 0 aromatic carbocycles. The number of ether oxygens (including phenoxy) is 1. The minimum absolute atomic E-state index is 0.0543. The first-order valence-corrected chi connectivity index (χ1v) is 9.28. The van der Waals surface area contributed by atoms with E-state index in [0.717, 1.165) is 23.1 Å². The van der Waals surface area contributed by atoms with Gasteiger partial charge in [-0.15, -0.1) is 0 Å². The molecule has 1 amide bonds. The summed E-state index contributed by atoms with van der Waals surface area (Å²) in [7, 11) is 0. The normalized spacial score (nSPS) is 10.7. The molecule has 2 heterocycles. The molecular weight excluding hydrogens is 364 g/mol. The smallest absolute Gasteiger partial charge is 0.350 e. The lowest BCUT2D eigenvalue weighted by Crippen LogP contribution is -2.15. The Balaban J connectivity index is 1.91. The van der Waals surface area contributed by atoms with Gasteiger partial charge in [-0.2, -0.15) is 0 Å². The quantitative estimate of drug-likeness (QED) is 0.428. The largest absolute Gasteiger partial charge is 0.461 e. The highest BCUT2D eigenvalue weighted by Gasteiger charge is 2.18. The van der Waals surface area contributed by atoms with Crippen LogP contribution in [0.2, 0.25) is 0 Å². The first-order chi connectivity index (χ1) is 11.8. The van der Waals surface area contributed by atoms with Crippen molar-refractivity contribution >= 4 is 40.1 Å². The van der Waals surface area contributed by atoms with Crippen molar-refractivity contribution in [3.63, 3.8) is 0 Å².